The summed E-state index contributed by atoms with van der Waals surface area (Å²) in [6, 6.07) is 17.1. The van der Waals surface area contributed by atoms with Crippen LogP contribution in [0.4, 0.5) is 11.6 Å². The van der Waals surface area contributed by atoms with E-state index < -0.39 is 0 Å². The van der Waals surface area contributed by atoms with Gasteiger partial charge in [0.15, 0.2) is 5.82 Å². The van der Waals surface area contributed by atoms with E-state index in [1.807, 2.05) is 42.5 Å². The number of nitrogens with zero attached hydrogens (tertiary/aromatic N) is 5. The quantitative estimate of drug-likeness (QED) is 0.721. The molecule has 0 aliphatic carbocycles. The average molecular weight is 402 g/mol. The van der Waals surface area contributed by atoms with Crippen molar-refractivity contribution in [1.82, 2.24) is 20.1 Å². The van der Waals surface area contributed by atoms with Crippen LogP contribution in [0.3, 0.4) is 0 Å². The molecule has 30 heavy (non-hydrogen) atoms. The first-order chi connectivity index (χ1) is 14.6. The minimum Gasteiger partial charge on any atom is -0.352 e. The van der Waals surface area contributed by atoms with Crippen molar-refractivity contribution in [2.45, 2.75) is 6.92 Å². The monoisotopic (exact) mass is 402 g/mol. The standard InChI is InChI=1S/C22H22N6O2/c1-16(29)24-20-15-18(9-10-23-20)22(30)28-13-11-27(12-14-28)21-8-7-19(25-26-21)17-5-3-2-4-6-17/h2-10,15H,11-14H2,1H3,(H,23,24,29). The molecule has 1 aromatic carbocycles. The van der Waals surface area contributed by atoms with Gasteiger partial charge >= 0.3 is 0 Å². The van der Waals surface area contributed by atoms with E-state index in [0.717, 1.165) is 17.1 Å². The van der Waals surface area contributed by atoms with Crippen LogP contribution in [0.2, 0.25) is 0 Å². The molecule has 3 heterocycles. The second-order valence-electron chi connectivity index (χ2n) is 7.03. The zero-order valence-electron chi connectivity index (χ0n) is 16.7. The zero-order chi connectivity index (χ0) is 20.9. The van der Waals surface area contributed by atoms with Crippen molar-refractivity contribution in [3.63, 3.8) is 0 Å². The van der Waals surface area contributed by atoms with E-state index in [4.69, 9.17) is 0 Å². The Hall–Kier alpha value is -3.81. The number of rotatable bonds is 4. The number of carbonyl (C=O) groups excluding carboxylic acids is 2. The number of amides is 2. The van der Waals surface area contributed by atoms with Gasteiger partial charge in [-0.05, 0) is 24.3 Å². The summed E-state index contributed by atoms with van der Waals surface area (Å²) < 4.78 is 0. The first-order valence-corrected chi connectivity index (χ1v) is 9.77. The molecule has 0 spiro atoms. The molecule has 152 valence electrons. The van der Waals surface area contributed by atoms with Crippen molar-refractivity contribution in [1.29, 1.82) is 0 Å². The van der Waals surface area contributed by atoms with Crippen LogP contribution in [-0.4, -0.2) is 58.1 Å². The third-order valence-electron chi connectivity index (χ3n) is 4.92. The van der Waals surface area contributed by atoms with Crippen LogP contribution in [0, 0.1) is 0 Å². The van der Waals surface area contributed by atoms with Gasteiger partial charge in [-0.1, -0.05) is 30.3 Å². The highest BCUT2D eigenvalue weighted by molar-refractivity contribution is 5.96. The Morgan fingerprint density at radius 3 is 2.37 bits per heavy atom. The number of anilines is 2. The van der Waals surface area contributed by atoms with E-state index in [1.165, 1.54) is 13.1 Å². The normalized spacial score (nSPS) is 13.8. The van der Waals surface area contributed by atoms with Gasteiger partial charge in [0.25, 0.3) is 5.91 Å². The average Bonchev–Trinajstić information content (AvgIpc) is 2.79. The van der Waals surface area contributed by atoms with Crippen LogP contribution >= 0.6 is 0 Å². The van der Waals surface area contributed by atoms with Crippen LogP contribution in [0.25, 0.3) is 11.3 Å². The predicted molar refractivity (Wildman–Crippen MR) is 114 cm³/mol. The molecule has 8 nitrogen and oxygen atoms in total. The molecule has 0 saturated carbocycles. The molecule has 0 radical (unpaired) electrons. The number of hydrogen-bond acceptors (Lipinski definition) is 6. The summed E-state index contributed by atoms with van der Waals surface area (Å²) in [6.07, 6.45) is 1.53. The van der Waals surface area contributed by atoms with E-state index in [1.54, 1.807) is 17.0 Å². The largest absolute Gasteiger partial charge is 0.352 e. The number of piperazine rings is 1. The molecule has 2 amide bonds. The Morgan fingerprint density at radius 1 is 0.933 bits per heavy atom. The highest BCUT2D eigenvalue weighted by Gasteiger charge is 2.23. The summed E-state index contributed by atoms with van der Waals surface area (Å²) in [6.45, 7) is 3.92. The molecule has 0 atom stereocenters. The molecular formula is C22H22N6O2. The van der Waals surface area contributed by atoms with E-state index in [2.05, 4.69) is 25.4 Å². The number of carbonyl (C=O) groups is 2. The Balaban J connectivity index is 1.38. The lowest BCUT2D eigenvalue weighted by Gasteiger charge is -2.35. The Bertz CT molecular complexity index is 1030. The van der Waals surface area contributed by atoms with E-state index in [9.17, 15) is 9.59 Å². The van der Waals surface area contributed by atoms with Crippen molar-refractivity contribution in [3.8, 4) is 11.3 Å². The maximum atomic E-state index is 12.8. The van der Waals surface area contributed by atoms with Gasteiger partial charge in [-0.3, -0.25) is 9.59 Å². The van der Waals surface area contributed by atoms with Crippen LogP contribution in [0.5, 0.6) is 0 Å². The summed E-state index contributed by atoms with van der Waals surface area (Å²) in [7, 11) is 0. The lowest BCUT2D eigenvalue weighted by atomic mass is 10.1. The summed E-state index contributed by atoms with van der Waals surface area (Å²) in [5.74, 6) is 0.883. The summed E-state index contributed by atoms with van der Waals surface area (Å²) in [5, 5.41) is 11.3. The first-order valence-electron chi connectivity index (χ1n) is 9.77. The van der Waals surface area contributed by atoms with E-state index in [0.29, 0.717) is 37.6 Å². The van der Waals surface area contributed by atoms with Crippen molar-refractivity contribution in [2.24, 2.45) is 0 Å². The van der Waals surface area contributed by atoms with Crippen LogP contribution < -0.4 is 10.2 Å². The smallest absolute Gasteiger partial charge is 0.254 e. The molecule has 1 fully saturated rings. The number of aromatic nitrogens is 3. The fourth-order valence-electron chi connectivity index (χ4n) is 3.39. The molecule has 1 saturated heterocycles. The minimum atomic E-state index is -0.222. The van der Waals surface area contributed by atoms with Crippen molar-refractivity contribution >= 4 is 23.5 Å². The van der Waals surface area contributed by atoms with Crippen molar-refractivity contribution in [3.05, 3.63) is 66.4 Å². The van der Waals surface area contributed by atoms with E-state index in [-0.39, 0.29) is 11.8 Å². The van der Waals surface area contributed by atoms with Gasteiger partial charge in [-0.25, -0.2) is 4.98 Å². The third-order valence-corrected chi connectivity index (χ3v) is 4.92. The molecule has 1 N–H and O–H groups in total. The van der Waals surface area contributed by atoms with Gasteiger partial charge in [0.2, 0.25) is 5.91 Å². The molecule has 1 aliphatic heterocycles. The molecule has 2 aromatic heterocycles. The molecule has 3 aromatic rings. The second-order valence-corrected chi connectivity index (χ2v) is 7.03. The minimum absolute atomic E-state index is 0.0749. The fraction of sp³-hybridized carbons (Fsp3) is 0.227. The Labute approximate surface area is 174 Å². The maximum Gasteiger partial charge on any atom is 0.254 e. The molecular weight excluding hydrogens is 380 g/mol. The van der Waals surface area contributed by atoms with E-state index >= 15 is 0 Å². The van der Waals surface area contributed by atoms with Gasteiger partial charge in [0.1, 0.15) is 5.82 Å². The number of hydrogen-bond donors (Lipinski definition) is 1. The molecule has 1 aliphatic rings. The topological polar surface area (TPSA) is 91.3 Å². The van der Waals surface area contributed by atoms with Crippen molar-refractivity contribution < 1.29 is 9.59 Å². The summed E-state index contributed by atoms with van der Waals surface area (Å²) >= 11 is 0. The predicted octanol–water partition coefficient (Wildman–Crippen LogP) is 2.46. The van der Waals surface area contributed by atoms with Gasteiger partial charge in [-0.15, -0.1) is 10.2 Å². The molecule has 8 heteroatoms. The van der Waals surface area contributed by atoms with Crippen LogP contribution in [0.15, 0.2) is 60.8 Å². The molecule has 4 rings (SSSR count). The van der Waals surface area contributed by atoms with Gasteiger partial charge in [0.05, 0.1) is 5.69 Å². The van der Waals surface area contributed by atoms with Gasteiger partial charge < -0.3 is 15.1 Å². The maximum absolute atomic E-state index is 12.8. The first kappa shape index (κ1) is 19.5. The zero-order valence-corrected chi connectivity index (χ0v) is 16.7. The highest BCUT2D eigenvalue weighted by Crippen LogP contribution is 2.19. The lowest BCUT2D eigenvalue weighted by Crippen LogP contribution is -2.49. The lowest BCUT2D eigenvalue weighted by molar-refractivity contribution is -0.114. The van der Waals surface area contributed by atoms with Gasteiger partial charge in [-0.2, -0.15) is 0 Å². The van der Waals surface area contributed by atoms with Crippen molar-refractivity contribution in [2.75, 3.05) is 36.4 Å². The SMILES string of the molecule is CC(=O)Nc1cc(C(=O)N2CCN(c3ccc(-c4ccccc4)nn3)CC2)ccn1. The molecule has 0 unspecified atom stereocenters. The summed E-state index contributed by atoms with van der Waals surface area (Å²) in [4.78, 5) is 32.0. The van der Waals surface area contributed by atoms with Crippen LogP contribution in [0.1, 0.15) is 17.3 Å². The Morgan fingerprint density at radius 2 is 1.70 bits per heavy atom. The summed E-state index contributed by atoms with van der Waals surface area (Å²) in [5.41, 5.74) is 2.37. The van der Waals surface area contributed by atoms with Gasteiger partial charge in [0, 0.05) is 50.4 Å². The molecule has 0 bridgehead atoms. The second kappa shape index (κ2) is 8.69. The number of pyridine rings is 1. The fourth-order valence-corrected chi connectivity index (χ4v) is 3.39. The number of benzene rings is 1. The Kier molecular flexibility index (Phi) is 5.65. The van der Waals surface area contributed by atoms with Crippen LogP contribution in [-0.2, 0) is 4.79 Å². The highest BCUT2D eigenvalue weighted by atomic mass is 16.2. The number of nitrogens with one attached hydrogen (secondary N) is 1. The third kappa shape index (κ3) is 4.43.